The van der Waals surface area contributed by atoms with Gasteiger partial charge in [-0.2, -0.15) is 0 Å². The number of anilines is 1. The maximum absolute atomic E-state index is 13.8. The first-order valence-electron chi connectivity index (χ1n) is 10.4. The van der Waals surface area contributed by atoms with Gasteiger partial charge in [-0.1, -0.05) is 60.7 Å². The molecule has 0 radical (unpaired) electrons. The summed E-state index contributed by atoms with van der Waals surface area (Å²) in [6, 6.07) is 22.1. The first-order valence-corrected chi connectivity index (χ1v) is 11.9. The van der Waals surface area contributed by atoms with E-state index in [1.807, 2.05) is 62.4 Å². The third kappa shape index (κ3) is 4.80. The van der Waals surface area contributed by atoms with E-state index in [-0.39, 0.29) is 12.5 Å². The summed E-state index contributed by atoms with van der Waals surface area (Å²) in [6.07, 6.45) is 1.43. The fraction of sp³-hybridized carbons (Fsp3) is 0.240. The second kappa shape index (κ2) is 9.79. The summed E-state index contributed by atoms with van der Waals surface area (Å²) < 4.78 is 28.8. The van der Waals surface area contributed by atoms with Gasteiger partial charge in [-0.05, 0) is 48.4 Å². The highest BCUT2D eigenvalue weighted by molar-refractivity contribution is 7.93. The van der Waals surface area contributed by atoms with Crippen molar-refractivity contribution in [2.45, 2.75) is 19.1 Å². The Kier molecular flexibility index (Phi) is 7.13. The summed E-state index contributed by atoms with van der Waals surface area (Å²) in [6.45, 7) is 8.35. The largest absolute Gasteiger partial charge is 0.342 e. The molecule has 0 N–H and O–H groups in total. The zero-order valence-corrected chi connectivity index (χ0v) is 18.8. The molecule has 0 heterocycles. The summed E-state index contributed by atoms with van der Waals surface area (Å²) in [7, 11) is -3.97. The van der Waals surface area contributed by atoms with Gasteiger partial charge in [0.2, 0.25) is 15.9 Å². The number of carbonyl (C=O) groups excluding carboxylic acids is 1. The van der Waals surface area contributed by atoms with E-state index in [1.165, 1.54) is 10.4 Å². The SMILES string of the molecule is C=CC(c1ccc2ccccc2c1)S(=O)(=O)N(CC(=O)N(CC)CC)c1ccccc1. The van der Waals surface area contributed by atoms with E-state index in [2.05, 4.69) is 6.58 Å². The van der Waals surface area contributed by atoms with E-state index in [1.54, 1.807) is 29.2 Å². The van der Waals surface area contributed by atoms with Crippen molar-refractivity contribution in [3.8, 4) is 0 Å². The van der Waals surface area contributed by atoms with Crippen molar-refractivity contribution >= 4 is 32.4 Å². The molecular formula is C25H28N2O3S. The Bertz CT molecular complexity index is 1160. The number of benzene rings is 3. The Hall–Kier alpha value is -3.12. The van der Waals surface area contributed by atoms with Gasteiger partial charge in [0.25, 0.3) is 0 Å². The number of amides is 1. The molecule has 6 heteroatoms. The standard InChI is InChI=1S/C25H28N2O3S/c1-4-24(22-17-16-20-12-10-11-13-21(20)18-22)31(29,30)27(23-14-8-7-9-15-23)19-25(28)26(5-2)6-3/h4,7-18,24H,1,5-6,19H2,2-3H3. The number of carbonyl (C=O) groups is 1. The van der Waals surface area contributed by atoms with Gasteiger partial charge >= 0.3 is 0 Å². The number of nitrogens with zero attached hydrogens (tertiary/aromatic N) is 2. The summed E-state index contributed by atoms with van der Waals surface area (Å²) in [5, 5.41) is 0.998. The van der Waals surface area contributed by atoms with E-state index in [0.29, 0.717) is 24.3 Å². The van der Waals surface area contributed by atoms with Crippen LogP contribution in [0.2, 0.25) is 0 Å². The molecule has 1 atom stereocenters. The molecule has 0 aromatic heterocycles. The van der Waals surface area contributed by atoms with Crippen molar-refractivity contribution in [2.75, 3.05) is 23.9 Å². The maximum atomic E-state index is 13.8. The van der Waals surface area contributed by atoms with Gasteiger partial charge < -0.3 is 4.90 Å². The molecule has 3 aromatic rings. The normalized spacial score (nSPS) is 12.3. The van der Waals surface area contributed by atoms with E-state index >= 15 is 0 Å². The summed E-state index contributed by atoms with van der Waals surface area (Å²) in [4.78, 5) is 14.5. The fourth-order valence-electron chi connectivity index (χ4n) is 3.67. The van der Waals surface area contributed by atoms with Gasteiger partial charge in [-0.3, -0.25) is 9.10 Å². The van der Waals surface area contributed by atoms with Crippen LogP contribution in [0, 0.1) is 0 Å². The average molecular weight is 437 g/mol. The predicted molar refractivity (Wildman–Crippen MR) is 128 cm³/mol. The van der Waals surface area contributed by atoms with Crippen LogP contribution in [0.15, 0.2) is 85.5 Å². The molecular weight excluding hydrogens is 408 g/mol. The van der Waals surface area contributed by atoms with Crippen molar-refractivity contribution in [2.24, 2.45) is 0 Å². The lowest BCUT2D eigenvalue weighted by atomic mass is 10.1. The Morgan fingerprint density at radius 2 is 1.55 bits per heavy atom. The molecule has 0 saturated heterocycles. The molecule has 31 heavy (non-hydrogen) atoms. The monoisotopic (exact) mass is 436 g/mol. The van der Waals surface area contributed by atoms with Crippen LogP contribution in [-0.4, -0.2) is 38.9 Å². The number of likely N-dealkylation sites (N-methyl/N-ethyl adjacent to an activating group) is 1. The molecule has 1 amide bonds. The minimum atomic E-state index is -3.97. The van der Waals surface area contributed by atoms with E-state index in [0.717, 1.165) is 10.8 Å². The first kappa shape index (κ1) is 22.6. The van der Waals surface area contributed by atoms with Gasteiger partial charge in [0, 0.05) is 13.1 Å². The maximum Gasteiger partial charge on any atom is 0.246 e. The molecule has 0 aliphatic carbocycles. The minimum absolute atomic E-state index is 0.237. The number of sulfonamides is 1. The van der Waals surface area contributed by atoms with Crippen LogP contribution in [-0.2, 0) is 14.8 Å². The molecule has 0 saturated carbocycles. The van der Waals surface area contributed by atoms with Gasteiger partial charge in [0.15, 0.2) is 0 Å². The predicted octanol–water partition coefficient (Wildman–Crippen LogP) is 4.77. The third-order valence-corrected chi connectivity index (χ3v) is 7.44. The van der Waals surface area contributed by atoms with Crippen molar-refractivity contribution in [1.29, 1.82) is 0 Å². The van der Waals surface area contributed by atoms with Crippen molar-refractivity contribution in [3.05, 3.63) is 91.0 Å². The molecule has 0 bridgehead atoms. The highest BCUT2D eigenvalue weighted by Crippen LogP contribution is 2.32. The van der Waals surface area contributed by atoms with Gasteiger partial charge in [0.05, 0.1) is 5.69 Å². The number of para-hydroxylation sites is 1. The second-order valence-corrected chi connectivity index (χ2v) is 9.19. The molecule has 1 unspecified atom stereocenters. The molecule has 5 nitrogen and oxygen atoms in total. The van der Waals surface area contributed by atoms with Crippen molar-refractivity contribution < 1.29 is 13.2 Å². The van der Waals surface area contributed by atoms with Gasteiger partial charge in [-0.25, -0.2) is 8.42 Å². The highest BCUT2D eigenvalue weighted by atomic mass is 32.2. The molecule has 162 valence electrons. The second-order valence-electron chi connectivity index (χ2n) is 7.22. The van der Waals surface area contributed by atoms with Crippen LogP contribution in [0.3, 0.4) is 0 Å². The van der Waals surface area contributed by atoms with Crippen LogP contribution in [0.1, 0.15) is 24.7 Å². The summed E-state index contributed by atoms with van der Waals surface area (Å²) in [5.74, 6) is -0.237. The van der Waals surface area contributed by atoms with Crippen LogP contribution >= 0.6 is 0 Å². The van der Waals surface area contributed by atoms with Crippen LogP contribution in [0.4, 0.5) is 5.69 Å². The zero-order valence-electron chi connectivity index (χ0n) is 17.9. The van der Waals surface area contributed by atoms with E-state index in [4.69, 9.17) is 0 Å². The molecule has 0 aliphatic rings. The average Bonchev–Trinajstić information content (AvgIpc) is 2.79. The molecule has 0 aliphatic heterocycles. The Morgan fingerprint density at radius 3 is 2.16 bits per heavy atom. The Morgan fingerprint density at radius 1 is 0.935 bits per heavy atom. The molecule has 0 spiro atoms. The summed E-state index contributed by atoms with van der Waals surface area (Å²) in [5.41, 5.74) is 1.07. The smallest absolute Gasteiger partial charge is 0.246 e. The Balaban J connectivity index is 2.06. The third-order valence-electron chi connectivity index (χ3n) is 5.38. The molecule has 3 aromatic carbocycles. The highest BCUT2D eigenvalue weighted by Gasteiger charge is 2.33. The minimum Gasteiger partial charge on any atom is -0.342 e. The number of hydrogen-bond donors (Lipinski definition) is 0. The van der Waals surface area contributed by atoms with Crippen molar-refractivity contribution in [3.63, 3.8) is 0 Å². The lowest BCUT2D eigenvalue weighted by Crippen LogP contribution is -2.44. The van der Waals surface area contributed by atoms with Gasteiger partial charge in [0.1, 0.15) is 11.8 Å². The van der Waals surface area contributed by atoms with Crippen LogP contribution < -0.4 is 4.31 Å². The molecule has 0 fully saturated rings. The van der Waals surface area contributed by atoms with E-state index < -0.39 is 15.3 Å². The topological polar surface area (TPSA) is 57.7 Å². The number of fused-ring (bicyclic) bond motifs is 1. The van der Waals surface area contributed by atoms with Crippen LogP contribution in [0.5, 0.6) is 0 Å². The lowest BCUT2D eigenvalue weighted by Gasteiger charge is -2.30. The van der Waals surface area contributed by atoms with Crippen molar-refractivity contribution in [1.82, 2.24) is 4.90 Å². The zero-order chi connectivity index (χ0) is 22.4. The summed E-state index contributed by atoms with van der Waals surface area (Å²) >= 11 is 0. The first-order chi connectivity index (χ1) is 14.9. The lowest BCUT2D eigenvalue weighted by molar-refractivity contribution is -0.129. The quantitative estimate of drug-likeness (QED) is 0.454. The fourth-order valence-corrected chi connectivity index (χ4v) is 5.39. The number of hydrogen-bond acceptors (Lipinski definition) is 3. The molecule has 3 rings (SSSR count). The Labute approximate surface area is 184 Å². The number of rotatable bonds is 9. The van der Waals surface area contributed by atoms with Gasteiger partial charge in [-0.15, -0.1) is 6.58 Å². The van der Waals surface area contributed by atoms with E-state index in [9.17, 15) is 13.2 Å². The van der Waals surface area contributed by atoms with Crippen LogP contribution in [0.25, 0.3) is 10.8 Å².